The van der Waals surface area contributed by atoms with E-state index >= 15 is 0 Å². The maximum Gasteiger partial charge on any atom is 0.138 e. The molecule has 1 saturated heterocycles. The number of aromatic nitrogens is 1. The van der Waals surface area contributed by atoms with Crippen LogP contribution in [0.4, 0.5) is 0 Å². The van der Waals surface area contributed by atoms with Gasteiger partial charge in [-0.3, -0.25) is 4.90 Å². The van der Waals surface area contributed by atoms with E-state index in [1.165, 1.54) is 0 Å². The minimum Gasteiger partial charge on any atom is -0.396 e. The van der Waals surface area contributed by atoms with Gasteiger partial charge >= 0.3 is 0 Å². The molecule has 0 spiro atoms. The number of nitrogens with zero attached hydrogens (tertiary/aromatic N) is 2. The van der Waals surface area contributed by atoms with Crippen LogP contribution in [0.15, 0.2) is 34.9 Å². The van der Waals surface area contributed by atoms with Crippen molar-refractivity contribution in [3.05, 3.63) is 52.9 Å². The van der Waals surface area contributed by atoms with Gasteiger partial charge in [0.1, 0.15) is 5.76 Å². The molecule has 2 heterocycles. The molecule has 24 heavy (non-hydrogen) atoms. The molecule has 2 atom stereocenters. The second-order valence-electron chi connectivity index (χ2n) is 7.00. The molecule has 1 aromatic heterocycles. The molecular formula is C19H26N2O3. The third-order valence-corrected chi connectivity index (χ3v) is 5.24. The van der Waals surface area contributed by atoms with Crippen molar-refractivity contribution >= 4 is 0 Å². The van der Waals surface area contributed by atoms with E-state index in [1.807, 2.05) is 32.0 Å². The van der Waals surface area contributed by atoms with Gasteiger partial charge in [-0.2, -0.15) is 0 Å². The van der Waals surface area contributed by atoms with Crippen molar-refractivity contribution in [3.8, 4) is 0 Å². The van der Waals surface area contributed by atoms with Crippen LogP contribution in [0.1, 0.15) is 29.0 Å². The van der Waals surface area contributed by atoms with Crippen molar-refractivity contribution in [1.29, 1.82) is 0 Å². The van der Waals surface area contributed by atoms with Gasteiger partial charge in [-0.1, -0.05) is 35.5 Å². The Morgan fingerprint density at radius 2 is 2.04 bits per heavy atom. The molecular weight excluding hydrogens is 304 g/mol. The summed E-state index contributed by atoms with van der Waals surface area (Å²) in [5, 5.41) is 24.7. The van der Waals surface area contributed by atoms with Crippen molar-refractivity contribution in [2.75, 3.05) is 19.7 Å². The molecule has 2 N–H and O–H groups in total. The SMILES string of the molecule is Cc1noc(C)c1CN1CC[C@H](O)[C@](CO)(Cc2ccccc2)C1. The van der Waals surface area contributed by atoms with Gasteiger partial charge in [0.05, 0.1) is 18.4 Å². The number of likely N-dealkylation sites (tertiary alicyclic amines) is 1. The van der Waals surface area contributed by atoms with Crippen molar-refractivity contribution in [1.82, 2.24) is 10.1 Å². The van der Waals surface area contributed by atoms with Crippen molar-refractivity contribution in [3.63, 3.8) is 0 Å². The van der Waals surface area contributed by atoms with E-state index in [0.29, 0.717) is 19.4 Å². The first-order valence-corrected chi connectivity index (χ1v) is 8.51. The second kappa shape index (κ2) is 7.05. The van der Waals surface area contributed by atoms with Crippen LogP contribution in [0.2, 0.25) is 0 Å². The van der Waals surface area contributed by atoms with Crippen molar-refractivity contribution in [2.45, 2.75) is 39.3 Å². The summed E-state index contributed by atoms with van der Waals surface area (Å²) in [7, 11) is 0. The molecule has 0 radical (unpaired) electrons. The first kappa shape index (κ1) is 17.1. The van der Waals surface area contributed by atoms with E-state index < -0.39 is 11.5 Å². The lowest BCUT2D eigenvalue weighted by Gasteiger charge is -2.45. The summed E-state index contributed by atoms with van der Waals surface area (Å²) < 4.78 is 5.26. The lowest BCUT2D eigenvalue weighted by molar-refractivity contribution is -0.0769. The number of aliphatic hydroxyl groups excluding tert-OH is 2. The smallest absolute Gasteiger partial charge is 0.138 e. The molecule has 1 aliphatic rings. The molecule has 5 nitrogen and oxygen atoms in total. The molecule has 1 fully saturated rings. The highest BCUT2D eigenvalue weighted by atomic mass is 16.5. The average molecular weight is 330 g/mol. The van der Waals surface area contributed by atoms with Crippen LogP contribution in [-0.2, 0) is 13.0 Å². The molecule has 5 heteroatoms. The first-order chi connectivity index (χ1) is 11.5. The number of hydrogen-bond acceptors (Lipinski definition) is 5. The van der Waals surface area contributed by atoms with Crippen LogP contribution >= 0.6 is 0 Å². The Hall–Kier alpha value is -1.69. The van der Waals surface area contributed by atoms with E-state index in [2.05, 4.69) is 22.2 Å². The van der Waals surface area contributed by atoms with E-state index in [1.54, 1.807) is 0 Å². The molecule has 1 aromatic carbocycles. The predicted octanol–water partition coefficient (Wildman–Crippen LogP) is 2.08. The summed E-state index contributed by atoms with van der Waals surface area (Å²) in [6.45, 7) is 6.06. The number of aliphatic hydroxyl groups is 2. The summed E-state index contributed by atoms with van der Waals surface area (Å²) in [5.74, 6) is 0.844. The highest BCUT2D eigenvalue weighted by Crippen LogP contribution is 2.34. The van der Waals surface area contributed by atoms with Gasteiger partial charge in [0.15, 0.2) is 0 Å². The number of piperidine rings is 1. The van der Waals surface area contributed by atoms with Gasteiger partial charge in [0.25, 0.3) is 0 Å². The summed E-state index contributed by atoms with van der Waals surface area (Å²) in [5.41, 5.74) is 2.64. The Kier molecular flexibility index (Phi) is 5.04. The maximum atomic E-state index is 10.6. The Bertz CT molecular complexity index is 651. The van der Waals surface area contributed by atoms with Crippen molar-refractivity contribution in [2.24, 2.45) is 5.41 Å². The number of aryl methyl sites for hydroxylation is 2. The molecule has 0 bridgehead atoms. The average Bonchev–Trinajstić information content (AvgIpc) is 2.90. The second-order valence-corrected chi connectivity index (χ2v) is 7.00. The van der Waals surface area contributed by atoms with Gasteiger partial charge in [0, 0.05) is 30.6 Å². The van der Waals surface area contributed by atoms with Crippen LogP contribution in [0, 0.1) is 19.3 Å². The standard InChI is InChI=1S/C19H26N2O3/c1-14-17(15(2)24-20-14)11-21-9-8-18(23)19(12-21,13-22)10-16-6-4-3-5-7-16/h3-7,18,22-23H,8-13H2,1-2H3/t18-,19+/m0/s1. The first-order valence-electron chi connectivity index (χ1n) is 8.51. The predicted molar refractivity (Wildman–Crippen MR) is 91.5 cm³/mol. The third kappa shape index (κ3) is 3.38. The number of rotatable bonds is 5. The zero-order chi connectivity index (χ0) is 17.2. The highest BCUT2D eigenvalue weighted by Gasteiger charge is 2.42. The van der Waals surface area contributed by atoms with Crippen LogP contribution in [0.25, 0.3) is 0 Å². The van der Waals surface area contributed by atoms with E-state index in [-0.39, 0.29) is 6.61 Å². The number of benzene rings is 1. The van der Waals surface area contributed by atoms with E-state index in [0.717, 1.165) is 35.7 Å². The lowest BCUT2D eigenvalue weighted by atomic mass is 9.73. The Morgan fingerprint density at radius 1 is 1.29 bits per heavy atom. The maximum absolute atomic E-state index is 10.6. The molecule has 3 rings (SSSR count). The summed E-state index contributed by atoms with van der Waals surface area (Å²) in [6, 6.07) is 10.1. The molecule has 1 aliphatic heterocycles. The summed E-state index contributed by atoms with van der Waals surface area (Å²) in [6.07, 6.45) is 0.837. The third-order valence-electron chi connectivity index (χ3n) is 5.24. The fourth-order valence-corrected chi connectivity index (χ4v) is 3.71. The largest absolute Gasteiger partial charge is 0.396 e. The Balaban J connectivity index is 1.78. The molecule has 2 aromatic rings. The van der Waals surface area contributed by atoms with Crippen LogP contribution in [0.5, 0.6) is 0 Å². The fraction of sp³-hybridized carbons (Fsp3) is 0.526. The topological polar surface area (TPSA) is 69.7 Å². The van der Waals surface area contributed by atoms with Crippen LogP contribution < -0.4 is 0 Å². The van der Waals surface area contributed by atoms with Gasteiger partial charge in [-0.25, -0.2) is 0 Å². The van der Waals surface area contributed by atoms with Gasteiger partial charge in [-0.15, -0.1) is 0 Å². The minimum absolute atomic E-state index is 0.0266. The summed E-state index contributed by atoms with van der Waals surface area (Å²) in [4.78, 5) is 2.29. The molecule has 0 saturated carbocycles. The normalized spacial score (nSPS) is 25.1. The number of hydrogen-bond donors (Lipinski definition) is 2. The van der Waals surface area contributed by atoms with Gasteiger partial charge in [0.2, 0.25) is 0 Å². The van der Waals surface area contributed by atoms with E-state index in [9.17, 15) is 10.2 Å². The molecule has 0 unspecified atom stereocenters. The lowest BCUT2D eigenvalue weighted by Crippen LogP contribution is -2.54. The zero-order valence-corrected chi connectivity index (χ0v) is 14.4. The van der Waals surface area contributed by atoms with Crippen LogP contribution in [0.3, 0.4) is 0 Å². The monoisotopic (exact) mass is 330 g/mol. The quantitative estimate of drug-likeness (QED) is 0.878. The van der Waals surface area contributed by atoms with Gasteiger partial charge in [-0.05, 0) is 32.3 Å². The van der Waals surface area contributed by atoms with E-state index in [4.69, 9.17) is 4.52 Å². The molecule has 130 valence electrons. The van der Waals surface area contributed by atoms with Gasteiger partial charge < -0.3 is 14.7 Å². The molecule has 0 amide bonds. The van der Waals surface area contributed by atoms with Crippen LogP contribution in [-0.4, -0.2) is 46.1 Å². The Labute approximate surface area is 142 Å². The summed E-state index contributed by atoms with van der Waals surface area (Å²) >= 11 is 0. The highest BCUT2D eigenvalue weighted by molar-refractivity contribution is 5.21. The Morgan fingerprint density at radius 3 is 2.67 bits per heavy atom. The molecule has 0 aliphatic carbocycles. The van der Waals surface area contributed by atoms with Crippen molar-refractivity contribution < 1.29 is 14.7 Å². The zero-order valence-electron chi connectivity index (χ0n) is 14.4. The fourth-order valence-electron chi connectivity index (χ4n) is 3.71. The minimum atomic E-state index is -0.529.